The van der Waals surface area contributed by atoms with Crippen molar-refractivity contribution in [3.8, 4) is 0 Å². The van der Waals surface area contributed by atoms with Gasteiger partial charge in [0.2, 0.25) is 0 Å². The van der Waals surface area contributed by atoms with Crippen LogP contribution in [0.1, 0.15) is 36.8 Å². The number of carboxylic acid groups (broad SMARTS) is 1. The fraction of sp³-hybridized carbons (Fsp3) is 0.278. The molecule has 0 spiro atoms. The van der Waals surface area contributed by atoms with Gasteiger partial charge in [0.1, 0.15) is 0 Å². The molecule has 1 aromatic carbocycles. The Balaban J connectivity index is 2.07. The molecule has 1 aromatic rings. The van der Waals surface area contributed by atoms with Crippen molar-refractivity contribution < 1.29 is 9.90 Å². The molecule has 0 bridgehead atoms. The second kappa shape index (κ2) is 6.38. The predicted octanol–water partition coefficient (Wildman–Crippen LogP) is 4.54. The Labute approximate surface area is 120 Å². The first-order valence-electron chi connectivity index (χ1n) is 6.97. The van der Waals surface area contributed by atoms with Gasteiger partial charge >= 0.3 is 5.97 Å². The number of aliphatic carboxylic acids is 1. The highest BCUT2D eigenvalue weighted by molar-refractivity contribution is 5.85. The zero-order valence-electron chi connectivity index (χ0n) is 11.6. The fourth-order valence-electron chi connectivity index (χ4n) is 2.62. The van der Waals surface area contributed by atoms with Crippen LogP contribution in [0.25, 0.3) is 12.2 Å². The number of carboxylic acids is 1. The lowest BCUT2D eigenvalue weighted by atomic mass is 9.85. The first-order chi connectivity index (χ1) is 9.63. The van der Waals surface area contributed by atoms with Crippen molar-refractivity contribution >= 4 is 18.1 Å². The van der Waals surface area contributed by atoms with Gasteiger partial charge in [-0.15, -0.1) is 6.58 Å². The lowest BCUT2D eigenvalue weighted by Gasteiger charge is -2.19. The Kier molecular flexibility index (Phi) is 4.57. The molecule has 0 unspecified atom stereocenters. The Hall–Kier alpha value is -2.09. The predicted molar refractivity (Wildman–Crippen MR) is 83.2 cm³/mol. The van der Waals surface area contributed by atoms with Gasteiger partial charge in [-0.25, -0.2) is 4.79 Å². The second-order valence-corrected chi connectivity index (χ2v) is 5.32. The van der Waals surface area contributed by atoms with E-state index in [0.717, 1.165) is 17.2 Å². The number of hydrogen-bond acceptors (Lipinski definition) is 1. The van der Waals surface area contributed by atoms with E-state index in [9.17, 15) is 4.79 Å². The monoisotopic (exact) mass is 268 g/mol. The minimum atomic E-state index is -0.928. The Bertz CT molecular complexity index is 529. The summed E-state index contributed by atoms with van der Waals surface area (Å²) in [4.78, 5) is 10.5. The van der Waals surface area contributed by atoms with E-state index in [4.69, 9.17) is 5.11 Å². The lowest BCUT2D eigenvalue weighted by molar-refractivity contribution is -0.131. The van der Waals surface area contributed by atoms with E-state index in [1.165, 1.54) is 25.7 Å². The third-order valence-corrected chi connectivity index (χ3v) is 3.90. The van der Waals surface area contributed by atoms with Crippen LogP contribution >= 0.6 is 0 Å². The van der Waals surface area contributed by atoms with E-state index in [2.05, 4.69) is 24.8 Å². The fourth-order valence-corrected chi connectivity index (χ4v) is 2.62. The summed E-state index contributed by atoms with van der Waals surface area (Å²) in [7, 11) is 0. The molecule has 0 aromatic heterocycles. The average molecular weight is 268 g/mol. The van der Waals surface area contributed by atoms with Crippen molar-refractivity contribution in [2.45, 2.75) is 25.7 Å². The maximum Gasteiger partial charge on any atom is 0.328 e. The van der Waals surface area contributed by atoms with Crippen molar-refractivity contribution in [1.29, 1.82) is 0 Å². The van der Waals surface area contributed by atoms with Crippen molar-refractivity contribution in [3.05, 3.63) is 60.2 Å². The van der Waals surface area contributed by atoms with Crippen LogP contribution in [0.15, 0.2) is 49.1 Å². The summed E-state index contributed by atoms with van der Waals surface area (Å²) in [5.41, 5.74) is 2.19. The van der Waals surface area contributed by atoms with Gasteiger partial charge in [0.25, 0.3) is 0 Å². The molecule has 1 fully saturated rings. The highest BCUT2D eigenvalue weighted by Gasteiger charge is 2.27. The summed E-state index contributed by atoms with van der Waals surface area (Å²) in [6, 6.07) is 7.86. The molecule has 0 heterocycles. The van der Waals surface area contributed by atoms with E-state index in [0.29, 0.717) is 0 Å². The summed E-state index contributed by atoms with van der Waals surface area (Å²) in [6.45, 7) is 3.97. The van der Waals surface area contributed by atoms with Crippen LogP contribution in [0.3, 0.4) is 0 Å². The third-order valence-electron chi connectivity index (χ3n) is 3.90. The average Bonchev–Trinajstić information content (AvgIpc) is 2.93. The van der Waals surface area contributed by atoms with Gasteiger partial charge in [0.05, 0.1) is 0 Å². The molecule has 1 aliphatic rings. The van der Waals surface area contributed by atoms with Gasteiger partial charge in [0, 0.05) is 11.5 Å². The molecule has 2 nitrogen and oxygen atoms in total. The first-order valence-corrected chi connectivity index (χ1v) is 6.97. The highest BCUT2D eigenvalue weighted by atomic mass is 16.4. The zero-order chi connectivity index (χ0) is 14.4. The molecular weight excluding hydrogens is 248 g/mol. The molecule has 0 radical (unpaired) electrons. The molecule has 0 atom stereocenters. The normalized spacial score (nSPS) is 17.8. The minimum absolute atomic E-state index is 0.169. The quantitative estimate of drug-likeness (QED) is 0.628. The minimum Gasteiger partial charge on any atom is -0.478 e. The van der Waals surface area contributed by atoms with Crippen LogP contribution in [-0.4, -0.2) is 11.1 Å². The third kappa shape index (κ3) is 3.70. The molecule has 20 heavy (non-hydrogen) atoms. The van der Waals surface area contributed by atoms with Gasteiger partial charge < -0.3 is 5.11 Å². The smallest absolute Gasteiger partial charge is 0.328 e. The van der Waals surface area contributed by atoms with Gasteiger partial charge in [0.15, 0.2) is 0 Å². The summed E-state index contributed by atoms with van der Waals surface area (Å²) >= 11 is 0. The number of allylic oxidation sites excluding steroid dienone is 2. The van der Waals surface area contributed by atoms with Crippen molar-refractivity contribution in [2.24, 2.45) is 5.41 Å². The largest absolute Gasteiger partial charge is 0.478 e. The SMILES string of the molecule is C=CC1(/C=C/c2ccc(/C=C/C(=O)O)cc2)CCCC1. The van der Waals surface area contributed by atoms with Crippen molar-refractivity contribution in [1.82, 2.24) is 0 Å². The van der Waals surface area contributed by atoms with E-state index < -0.39 is 5.97 Å². The molecule has 104 valence electrons. The first kappa shape index (κ1) is 14.3. The lowest BCUT2D eigenvalue weighted by Crippen LogP contribution is -2.07. The Morgan fingerprint density at radius 3 is 2.15 bits per heavy atom. The second-order valence-electron chi connectivity index (χ2n) is 5.32. The van der Waals surface area contributed by atoms with Crippen LogP contribution in [0, 0.1) is 5.41 Å². The molecule has 1 N–H and O–H groups in total. The molecule has 0 aliphatic heterocycles. The van der Waals surface area contributed by atoms with Gasteiger partial charge in [-0.2, -0.15) is 0 Å². The van der Waals surface area contributed by atoms with E-state index in [-0.39, 0.29) is 5.41 Å². The van der Waals surface area contributed by atoms with Gasteiger partial charge in [-0.05, 0) is 30.0 Å². The Morgan fingerprint density at radius 2 is 1.65 bits per heavy atom. The van der Waals surface area contributed by atoms with E-state index >= 15 is 0 Å². The van der Waals surface area contributed by atoms with Crippen LogP contribution in [-0.2, 0) is 4.79 Å². The molecular formula is C18H20O2. The van der Waals surface area contributed by atoms with E-state index in [1.807, 2.05) is 24.3 Å². The van der Waals surface area contributed by atoms with Crippen LogP contribution in [0.2, 0.25) is 0 Å². The number of hydrogen-bond donors (Lipinski definition) is 1. The van der Waals surface area contributed by atoms with Crippen LogP contribution in [0.5, 0.6) is 0 Å². The molecule has 0 saturated heterocycles. The summed E-state index contributed by atoms with van der Waals surface area (Å²) in [5.74, 6) is -0.928. The van der Waals surface area contributed by atoms with Crippen LogP contribution in [0.4, 0.5) is 0 Å². The molecule has 2 rings (SSSR count). The highest BCUT2D eigenvalue weighted by Crippen LogP contribution is 2.40. The molecule has 0 amide bonds. The van der Waals surface area contributed by atoms with Gasteiger partial charge in [-0.1, -0.05) is 55.3 Å². The summed E-state index contributed by atoms with van der Waals surface area (Å²) < 4.78 is 0. The topological polar surface area (TPSA) is 37.3 Å². The molecule has 1 aliphatic carbocycles. The standard InChI is InChI=1S/C18H20O2/c1-2-18(12-3-4-13-18)14-11-16-7-5-15(6-8-16)9-10-17(19)20/h2,5-11,14H,1,3-4,12-13H2,(H,19,20)/b10-9+,14-11+. The van der Waals surface area contributed by atoms with Gasteiger partial charge in [-0.3, -0.25) is 0 Å². The number of rotatable bonds is 5. The molecule has 1 saturated carbocycles. The maximum atomic E-state index is 10.5. The van der Waals surface area contributed by atoms with Crippen LogP contribution < -0.4 is 0 Å². The number of benzene rings is 1. The van der Waals surface area contributed by atoms with Crippen molar-refractivity contribution in [2.75, 3.05) is 0 Å². The van der Waals surface area contributed by atoms with E-state index in [1.54, 1.807) is 6.08 Å². The summed E-state index contributed by atoms with van der Waals surface area (Å²) in [6.07, 6.45) is 14.1. The summed E-state index contributed by atoms with van der Waals surface area (Å²) in [5, 5.41) is 8.58. The Morgan fingerprint density at radius 1 is 1.10 bits per heavy atom. The number of carbonyl (C=O) groups is 1. The van der Waals surface area contributed by atoms with Crippen molar-refractivity contribution in [3.63, 3.8) is 0 Å². The zero-order valence-corrected chi connectivity index (χ0v) is 11.6. The molecule has 2 heteroatoms. The maximum absolute atomic E-state index is 10.5.